The van der Waals surface area contributed by atoms with Crippen LogP contribution in [0.3, 0.4) is 0 Å². The zero-order chi connectivity index (χ0) is 14.8. The standard InChI is InChI=1S/C16H24F2N2/c1-16(2,3)20-8-6-14(7-9-20)19-11-12-4-5-13(17)10-15(12)18/h4-5,10,14,19H,6-9,11H2,1-3H3. The molecule has 1 saturated heterocycles. The average molecular weight is 282 g/mol. The molecule has 0 atom stereocenters. The van der Waals surface area contributed by atoms with E-state index in [9.17, 15) is 8.78 Å². The molecule has 0 unspecified atom stereocenters. The van der Waals surface area contributed by atoms with Gasteiger partial charge in [0.15, 0.2) is 0 Å². The molecule has 4 heteroatoms. The molecule has 1 fully saturated rings. The largest absolute Gasteiger partial charge is 0.310 e. The number of benzene rings is 1. The zero-order valence-electron chi connectivity index (χ0n) is 12.5. The van der Waals surface area contributed by atoms with Crippen LogP contribution in [0.4, 0.5) is 8.78 Å². The molecular formula is C16H24F2N2. The van der Waals surface area contributed by atoms with E-state index in [2.05, 4.69) is 31.0 Å². The van der Waals surface area contributed by atoms with Gasteiger partial charge in [-0.25, -0.2) is 8.78 Å². The van der Waals surface area contributed by atoms with Crippen molar-refractivity contribution in [3.8, 4) is 0 Å². The molecule has 0 bridgehead atoms. The Morgan fingerprint density at radius 3 is 2.40 bits per heavy atom. The van der Waals surface area contributed by atoms with Crippen LogP contribution in [0.15, 0.2) is 18.2 Å². The highest BCUT2D eigenvalue weighted by molar-refractivity contribution is 5.18. The predicted molar refractivity (Wildman–Crippen MR) is 77.5 cm³/mol. The summed E-state index contributed by atoms with van der Waals surface area (Å²) in [5, 5.41) is 3.38. The quantitative estimate of drug-likeness (QED) is 0.915. The Bertz CT molecular complexity index is 446. The van der Waals surface area contributed by atoms with Gasteiger partial charge in [-0.15, -0.1) is 0 Å². The van der Waals surface area contributed by atoms with Crippen molar-refractivity contribution < 1.29 is 8.78 Å². The first-order chi connectivity index (χ1) is 9.36. The number of piperidine rings is 1. The minimum absolute atomic E-state index is 0.216. The molecule has 1 aliphatic rings. The van der Waals surface area contributed by atoms with Crippen molar-refractivity contribution in [1.82, 2.24) is 10.2 Å². The molecule has 1 heterocycles. The van der Waals surface area contributed by atoms with Crippen LogP contribution in [0.5, 0.6) is 0 Å². The SMILES string of the molecule is CC(C)(C)N1CCC(NCc2ccc(F)cc2F)CC1. The first-order valence-corrected chi connectivity index (χ1v) is 7.28. The second kappa shape index (κ2) is 6.19. The lowest BCUT2D eigenvalue weighted by Gasteiger charge is -2.41. The Morgan fingerprint density at radius 2 is 1.85 bits per heavy atom. The third-order valence-corrected chi connectivity index (χ3v) is 4.04. The average Bonchev–Trinajstić information content (AvgIpc) is 2.37. The van der Waals surface area contributed by atoms with Gasteiger partial charge in [-0.3, -0.25) is 4.90 Å². The van der Waals surface area contributed by atoms with Crippen molar-refractivity contribution in [3.05, 3.63) is 35.4 Å². The van der Waals surface area contributed by atoms with Crippen LogP contribution >= 0.6 is 0 Å². The Morgan fingerprint density at radius 1 is 1.20 bits per heavy atom. The molecule has 0 spiro atoms. The van der Waals surface area contributed by atoms with Crippen LogP contribution in [0.25, 0.3) is 0 Å². The molecule has 1 aromatic carbocycles. The van der Waals surface area contributed by atoms with E-state index >= 15 is 0 Å². The minimum Gasteiger partial charge on any atom is -0.310 e. The fourth-order valence-electron chi connectivity index (χ4n) is 2.67. The molecule has 0 saturated carbocycles. The minimum atomic E-state index is -0.523. The summed E-state index contributed by atoms with van der Waals surface area (Å²) < 4.78 is 26.4. The van der Waals surface area contributed by atoms with Crippen molar-refractivity contribution in [2.24, 2.45) is 0 Å². The highest BCUT2D eigenvalue weighted by Gasteiger charge is 2.26. The molecule has 1 aromatic rings. The van der Waals surface area contributed by atoms with Gasteiger partial charge in [0.25, 0.3) is 0 Å². The summed E-state index contributed by atoms with van der Waals surface area (Å²) in [5.41, 5.74) is 0.748. The lowest BCUT2D eigenvalue weighted by molar-refractivity contribution is 0.0959. The van der Waals surface area contributed by atoms with Gasteiger partial charge in [0.2, 0.25) is 0 Å². The maximum atomic E-state index is 13.5. The van der Waals surface area contributed by atoms with Crippen LogP contribution in [0.1, 0.15) is 39.2 Å². The first kappa shape index (κ1) is 15.4. The second-order valence-corrected chi connectivity index (χ2v) is 6.55. The summed E-state index contributed by atoms with van der Waals surface area (Å²) in [4.78, 5) is 2.48. The topological polar surface area (TPSA) is 15.3 Å². The van der Waals surface area contributed by atoms with Crippen molar-refractivity contribution in [1.29, 1.82) is 0 Å². The van der Waals surface area contributed by atoms with Gasteiger partial charge in [0, 0.05) is 42.8 Å². The summed E-state index contributed by atoms with van der Waals surface area (Å²) in [6.45, 7) is 9.28. The van der Waals surface area contributed by atoms with Crippen molar-refractivity contribution in [2.45, 2.75) is 51.7 Å². The Labute approximate surface area is 120 Å². The third-order valence-electron chi connectivity index (χ3n) is 4.04. The molecule has 112 valence electrons. The molecule has 1 aliphatic heterocycles. The number of nitrogens with one attached hydrogen (secondary N) is 1. The van der Waals surface area contributed by atoms with Gasteiger partial charge in [-0.05, 0) is 39.7 Å². The van der Waals surface area contributed by atoms with E-state index in [1.807, 2.05) is 0 Å². The monoisotopic (exact) mass is 282 g/mol. The summed E-state index contributed by atoms with van der Waals surface area (Å²) in [7, 11) is 0. The van der Waals surface area contributed by atoms with E-state index < -0.39 is 11.6 Å². The summed E-state index contributed by atoms with van der Waals surface area (Å²) in [6, 6.07) is 4.18. The lowest BCUT2D eigenvalue weighted by atomic mass is 9.98. The zero-order valence-corrected chi connectivity index (χ0v) is 12.5. The van der Waals surface area contributed by atoms with Crippen molar-refractivity contribution in [3.63, 3.8) is 0 Å². The first-order valence-electron chi connectivity index (χ1n) is 7.28. The van der Waals surface area contributed by atoms with E-state index in [0.717, 1.165) is 32.0 Å². The second-order valence-electron chi connectivity index (χ2n) is 6.55. The van der Waals surface area contributed by atoms with Gasteiger partial charge >= 0.3 is 0 Å². The van der Waals surface area contributed by atoms with E-state index in [1.54, 1.807) is 0 Å². The predicted octanol–water partition coefficient (Wildman–Crippen LogP) is 3.32. The van der Waals surface area contributed by atoms with Crippen LogP contribution < -0.4 is 5.32 Å². The molecule has 0 radical (unpaired) electrons. The summed E-state index contributed by atoms with van der Waals surface area (Å²) in [5.74, 6) is -0.991. The number of hydrogen-bond donors (Lipinski definition) is 1. The molecule has 1 N–H and O–H groups in total. The maximum Gasteiger partial charge on any atom is 0.130 e. The van der Waals surface area contributed by atoms with Crippen LogP contribution in [0.2, 0.25) is 0 Å². The Kier molecular flexibility index (Phi) is 4.76. The Balaban J connectivity index is 1.82. The summed E-state index contributed by atoms with van der Waals surface area (Å²) >= 11 is 0. The molecular weight excluding hydrogens is 258 g/mol. The van der Waals surface area contributed by atoms with Crippen LogP contribution in [-0.2, 0) is 6.54 Å². The normalized spacial score (nSPS) is 18.4. The number of rotatable bonds is 3. The summed E-state index contributed by atoms with van der Waals surface area (Å²) in [6.07, 6.45) is 2.14. The Hall–Kier alpha value is -1.00. The lowest BCUT2D eigenvalue weighted by Crippen LogP contribution is -2.49. The molecule has 0 amide bonds. The van der Waals surface area contributed by atoms with Gasteiger partial charge < -0.3 is 5.32 Å². The van der Waals surface area contributed by atoms with E-state index in [-0.39, 0.29) is 5.54 Å². The number of nitrogens with zero attached hydrogens (tertiary/aromatic N) is 1. The van der Waals surface area contributed by atoms with Gasteiger partial charge in [0.1, 0.15) is 11.6 Å². The van der Waals surface area contributed by atoms with Gasteiger partial charge in [-0.1, -0.05) is 6.07 Å². The number of likely N-dealkylation sites (tertiary alicyclic amines) is 1. The molecule has 2 nitrogen and oxygen atoms in total. The molecule has 0 aliphatic carbocycles. The third kappa shape index (κ3) is 4.00. The van der Waals surface area contributed by atoms with E-state index in [0.29, 0.717) is 18.2 Å². The van der Waals surface area contributed by atoms with E-state index in [4.69, 9.17) is 0 Å². The number of halogens is 2. The fourth-order valence-corrected chi connectivity index (χ4v) is 2.67. The highest BCUT2D eigenvalue weighted by atomic mass is 19.1. The fraction of sp³-hybridized carbons (Fsp3) is 0.625. The van der Waals surface area contributed by atoms with Crippen LogP contribution in [-0.4, -0.2) is 29.6 Å². The maximum absolute atomic E-state index is 13.5. The van der Waals surface area contributed by atoms with Crippen molar-refractivity contribution >= 4 is 0 Å². The highest BCUT2D eigenvalue weighted by Crippen LogP contribution is 2.20. The molecule has 20 heavy (non-hydrogen) atoms. The van der Waals surface area contributed by atoms with Crippen molar-refractivity contribution in [2.75, 3.05) is 13.1 Å². The number of hydrogen-bond acceptors (Lipinski definition) is 2. The molecule has 2 rings (SSSR count). The molecule has 0 aromatic heterocycles. The van der Waals surface area contributed by atoms with Gasteiger partial charge in [-0.2, -0.15) is 0 Å². The van der Waals surface area contributed by atoms with E-state index in [1.165, 1.54) is 12.1 Å². The van der Waals surface area contributed by atoms with Gasteiger partial charge in [0.05, 0.1) is 0 Å². The smallest absolute Gasteiger partial charge is 0.130 e. The van der Waals surface area contributed by atoms with Crippen LogP contribution in [0, 0.1) is 11.6 Å².